The van der Waals surface area contributed by atoms with Gasteiger partial charge in [-0.15, -0.1) is 0 Å². The van der Waals surface area contributed by atoms with Crippen LogP contribution in [0.2, 0.25) is 0 Å². The van der Waals surface area contributed by atoms with Crippen molar-refractivity contribution in [3.8, 4) is 0 Å². The van der Waals surface area contributed by atoms with Crippen molar-refractivity contribution in [2.45, 2.75) is 58.4 Å². The molecule has 1 saturated heterocycles. The molecule has 17 heavy (non-hydrogen) atoms. The number of nitrogens with zero attached hydrogens (tertiary/aromatic N) is 1. The lowest BCUT2D eigenvalue weighted by molar-refractivity contribution is 0.154. The van der Waals surface area contributed by atoms with Gasteiger partial charge in [0.15, 0.2) is 0 Å². The van der Waals surface area contributed by atoms with E-state index >= 15 is 0 Å². The average molecular weight is 235 g/mol. The maximum atomic E-state index is 6.02. The molecule has 1 aromatic rings. The summed E-state index contributed by atoms with van der Waals surface area (Å²) in [6.45, 7) is 11.3. The predicted octanol–water partition coefficient (Wildman–Crippen LogP) is 4.12. The summed E-state index contributed by atoms with van der Waals surface area (Å²) in [5.74, 6) is 2.22. The highest BCUT2D eigenvalue weighted by molar-refractivity contribution is 5.16. The minimum atomic E-state index is 0.111. The molecule has 1 atom stereocenters. The summed E-state index contributed by atoms with van der Waals surface area (Å²) in [6, 6.07) is 4.71. The third-order valence-electron chi connectivity index (χ3n) is 3.72. The molecule has 96 valence electrons. The first-order valence-electron chi connectivity index (χ1n) is 6.83. The quantitative estimate of drug-likeness (QED) is 0.766. The van der Waals surface area contributed by atoms with Crippen LogP contribution in [0.15, 0.2) is 16.5 Å². The topological polar surface area (TPSA) is 16.4 Å². The Balaban J connectivity index is 2.08. The van der Waals surface area contributed by atoms with Crippen LogP contribution in [0.3, 0.4) is 0 Å². The molecule has 0 aliphatic carbocycles. The lowest BCUT2D eigenvalue weighted by Crippen LogP contribution is -2.32. The largest absolute Gasteiger partial charge is 0.464 e. The molecule has 0 radical (unpaired) electrons. The highest BCUT2D eigenvalue weighted by Gasteiger charge is 2.23. The summed E-state index contributed by atoms with van der Waals surface area (Å²) in [5, 5.41) is 0. The molecule has 0 saturated carbocycles. The number of rotatable bonds is 2. The third-order valence-corrected chi connectivity index (χ3v) is 3.72. The van der Waals surface area contributed by atoms with Crippen molar-refractivity contribution < 1.29 is 4.42 Å². The molecule has 0 amide bonds. The first kappa shape index (κ1) is 12.7. The van der Waals surface area contributed by atoms with Gasteiger partial charge in [-0.3, -0.25) is 4.90 Å². The maximum absolute atomic E-state index is 6.02. The summed E-state index contributed by atoms with van der Waals surface area (Å²) in [6.07, 6.45) is 4.04. The van der Waals surface area contributed by atoms with Crippen LogP contribution in [0.1, 0.15) is 64.5 Å². The summed E-state index contributed by atoms with van der Waals surface area (Å²) in [4.78, 5) is 2.54. The van der Waals surface area contributed by atoms with Gasteiger partial charge in [-0.2, -0.15) is 0 Å². The highest BCUT2D eigenvalue weighted by Crippen LogP contribution is 2.30. The number of piperidine rings is 1. The summed E-state index contributed by atoms with van der Waals surface area (Å²) >= 11 is 0. The summed E-state index contributed by atoms with van der Waals surface area (Å²) in [7, 11) is 0. The Kier molecular flexibility index (Phi) is 3.62. The van der Waals surface area contributed by atoms with E-state index in [4.69, 9.17) is 4.42 Å². The second kappa shape index (κ2) is 4.85. The Bertz CT molecular complexity index is 355. The minimum absolute atomic E-state index is 0.111. The van der Waals surface area contributed by atoms with E-state index in [9.17, 15) is 0 Å². The van der Waals surface area contributed by atoms with Crippen LogP contribution in [0.4, 0.5) is 0 Å². The van der Waals surface area contributed by atoms with Crippen LogP contribution < -0.4 is 0 Å². The van der Waals surface area contributed by atoms with Gasteiger partial charge in [0.1, 0.15) is 11.5 Å². The van der Waals surface area contributed by atoms with Gasteiger partial charge in [0.25, 0.3) is 0 Å². The van der Waals surface area contributed by atoms with Crippen molar-refractivity contribution in [2.24, 2.45) is 0 Å². The Morgan fingerprint density at radius 1 is 1.12 bits per heavy atom. The fourth-order valence-electron chi connectivity index (χ4n) is 2.47. The van der Waals surface area contributed by atoms with Crippen molar-refractivity contribution in [1.29, 1.82) is 0 Å². The second-order valence-corrected chi connectivity index (χ2v) is 6.22. The average Bonchev–Trinajstić information content (AvgIpc) is 2.78. The molecular weight excluding hydrogens is 210 g/mol. The van der Waals surface area contributed by atoms with Crippen LogP contribution >= 0.6 is 0 Å². The number of hydrogen-bond acceptors (Lipinski definition) is 2. The van der Waals surface area contributed by atoms with Gasteiger partial charge in [0.05, 0.1) is 6.04 Å². The van der Waals surface area contributed by atoms with Crippen LogP contribution in [0, 0.1) is 0 Å². The molecule has 0 spiro atoms. The molecule has 0 N–H and O–H groups in total. The van der Waals surface area contributed by atoms with E-state index in [1.165, 1.54) is 32.4 Å². The Morgan fingerprint density at radius 3 is 2.29 bits per heavy atom. The fraction of sp³-hybridized carbons (Fsp3) is 0.733. The molecule has 1 aromatic heterocycles. The Labute approximate surface area is 105 Å². The van der Waals surface area contributed by atoms with E-state index in [0.29, 0.717) is 6.04 Å². The zero-order valence-corrected chi connectivity index (χ0v) is 11.6. The molecular formula is C15H25NO. The molecule has 2 heteroatoms. The Hall–Kier alpha value is -0.760. The van der Waals surface area contributed by atoms with Gasteiger partial charge < -0.3 is 4.42 Å². The minimum Gasteiger partial charge on any atom is -0.464 e. The lowest BCUT2D eigenvalue weighted by atomic mass is 9.94. The van der Waals surface area contributed by atoms with E-state index in [-0.39, 0.29) is 5.41 Å². The molecule has 0 aromatic carbocycles. The van der Waals surface area contributed by atoms with Crippen LogP contribution in [0.25, 0.3) is 0 Å². The molecule has 1 aliphatic heterocycles. The smallest absolute Gasteiger partial charge is 0.121 e. The van der Waals surface area contributed by atoms with Crippen molar-refractivity contribution in [3.63, 3.8) is 0 Å². The second-order valence-electron chi connectivity index (χ2n) is 6.22. The Morgan fingerprint density at radius 2 is 1.76 bits per heavy atom. The van der Waals surface area contributed by atoms with Crippen molar-refractivity contribution in [1.82, 2.24) is 4.90 Å². The standard InChI is InChI=1S/C15H25NO/c1-12(16-10-6-5-7-11-16)13-8-9-14(17-13)15(2,3)4/h8-9,12H,5-7,10-11H2,1-4H3. The first-order valence-corrected chi connectivity index (χ1v) is 6.83. The predicted molar refractivity (Wildman–Crippen MR) is 71.2 cm³/mol. The highest BCUT2D eigenvalue weighted by atomic mass is 16.3. The molecule has 1 unspecified atom stereocenters. The van der Waals surface area contributed by atoms with E-state index in [2.05, 4.69) is 44.7 Å². The van der Waals surface area contributed by atoms with Crippen LogP contribution in [0.5, 0.6) is 0 Å². The van der Waals surface area contributed by atoms with Crippen LogP contribution in [-0.2, 0) is 5.41 Å². The summed E-state index contributed by atoms with van der Waals surface area (Å²) in [5.41, 5.74) is 0.111. The fourth-order valence-corrected chi connectivity index (χ4v) is 2.47. The zero-order chi connectivity index (χ0) is 12.5. The maximum Gasteiger partial charge on any atom is 0.121 e. The van der Waals surface area contributed by atoms with Crippen LogP contribution in [-0.4, -0.2) is 18.0 Å². The number of furan rings is 1. The molecule has 2 nitrogen and oxygen atoms in total. The van der Waals surface area contributed by atoms with Gasteiger partial charge >= 0.3 is 0 Å². The zero-order valence-electron chi connectivity index (χ0n) is 11.6. The van der Waals surface area contributed by atoms with E-state index in [0.717, 1.165) is 11.5 Å². The molecule has 0 bridgehead atoms. The van der Waals surface area contributed by atoms with Gasteiger partial charge in [-0.25, -0.2) is 0 Å². The van der Waals surface area contributed by atoms with Gasteiger partial charge in [0, 0.05) is 5.41 Å². The molecule has 2 rings (SSSR count). The SMILES string of the molecule is CC(c1ccc(C(C)(C)C)o1)N1CCCCC1. The molecule has 1 fully saturated rings. The van der Waals surface area contributed by atoms with Crippen molar-refractivity contribution in [2.75, 3.05) is 13.1 Å². The van der Waals surface area contributed by atoms with Crippen molar-refractivity contribution in [3.05, 3.63) is 23.7 Å². The van der Waals surface area contributed by atoms with Gasteiger partial charge in [0.2, 0.25) is 0 Å². The molecule has 2 heterocycles. The lowest BCUT2D eigenvalue weighted by Gasteiger charge is -2.31. The monoisotopic (exact) mass is 235 g/mol. The summed E-state index contributed by atoms with van der Waals surface area (Å²) < 4.78 is 6.02. The van der Waals surface area contributed by atoms with E-state index in [1.54, 1.807) is 0 Å². The third kappa shape index (κ3) is 2.92. The number of hydrogen-bond donors (Lipinski definition) is 0. The first-order chi connectivity index (χ1) is 7.98. The van der Waals surface area contributed by atoms with E-state index < -0.39 is 0 Å². The number of likely N-dealkylation sites (tertiary alicyclic amines) is 1. The van der Waals surface area contributed by atoms with Crippen molar-refractivity contribution >= 4 is 0 Å². The van der Waals surface area contributed by atoms with E-state index in [1.807, 2.05) is 0 Å². The normalized spacial score (nSPS) is 20.5. The molecule has 1 aliphatic rings. The van der Waals surface area contributed by atoms with Gasteiger partial charge in [-0.05, 0) is 45.0 Å². The van der Waals surface area contributed by atoms with Gasteiger partial charge in [-0.1, -0.05) is 27.2 Å².